The van der Waals surface area contributed by atoms with Crippen LogP contribution in [0.5, 0.6) is 5.75 Å². The predicted octanol–water partition coefficient (Wildman–Crippen LogP) is 4.03. The molecule has 2 atom stereocenters. The molecule has 6 heteroatoms. The van der Waals surface area contributed by atoms with Crippen LogP contribution in [0, 0.1) is 5.41 Å². The van der Waals surface area contributed by atoms with Crippen LogP contribution < -0.4 is 10.1 Å². The SMILES string of the molecule is CCNC(=NCC1CCOc2ccccc21)N1CCCC2(CCCOC2)C1.I. The maximum absolute atomic E-state index is 5.84. The summed E-state index contributed by atoms with van der Waals surface area (Å²) in [6.07, 6.45) is 6.04. The van der Waals surface area contributed by atoms with Crippen LogP contribution in [0.3, 0.4) is 0 Å². The van der Waals surface area contributed by atoms with E-state index in [9.17, 15) is 0 Å². The van der Waals surface area contributed by atoms with Gasteiger partial charge in [-0.2, -0.15) is 0 Å². The van der Waals surface area contributed by atoms with E-state index in [1.165, 1.54) is 31.2 Å². The van der Waals surface area contributed by atoms with E-state index in [1.54, 1.807) is 0 Å². The molecular weight excluding hydrogens is 465 g/mol. The van der Waals surface area contributed by atoms with Crippen LogP contribution in [-0.2, 0) is 4.74 Å². The number of hydrogen-bond donors (Lipinski definition) is 1. The largest absolute Gasteiger partial charge is 0.493 e. The number of piperidine rings is 1. The van der Waals surface area contributed by atoms with E-state index in [0.717, 1.165) is 64.1 Å². The number of fused-ring (bicyclic) bond motifs is 1. The zero-order chi connectivity index (χ0) is 18.5. The van der Waals surface area contributed by atoms with E-state index in [1.807, 2.05) is 6.07 Å². The summed E-state index contributed by atoms with van der Waals surface area (Å²) in [5.41, 5.74) is 1.64. The van der Waals surface area contributed by atoms with Gasteiger partial charge in [-0.1, -0.05) is 18.2 Å². The van der Waals surface area contributed by atoms with Crippen molar-refractivity contribution in [2.75, 3.05) is 46.0 Å². The normalized spacial score (nSPS) is 27.5. The molecule has 3 aliphatic rings. The van der Waals surface area contributed by atoms with Gasteiger partial charge in [-0.05, 0) is 50.7 Å². The van der Waals surface area contributed by atoms with Crippen molar-refractivity contribution < 1.29 is 9.47 Å². The van der Waals surface area contributed by atoms with Crippen LogP contribution in [0.1, 0.15) is 50.5 Å². The number of aliphatic imine (C=N–C) groups is 1. The maximum Gasteiger partial charge on any atom is 0.193 e. The van der Waals surface area contributed by atoms with Gasteiger partial charge in [-0.3, -0.25) is 4.99 Å². The third-order valence-corrected chi connectivity index (χ3v) is 6.24. The van der Waals surface area contributed by atoms with Crippen LogP contribution in [0.25, 0.3) is 0 Å². The topological polar surface area (TPSA) is 46.1 Å². The third kappa shape index (κ3) is 4.93. The molecule has 0 bridgehead atoms. The van der Waals surface area contributed by atoms with Gasteiger partial charge < -0.3 is 19.7 Å². The highest BCUT2D eigenvalue weighted by Gasteiger charge is 2.38. The first-order valence-corrected chi connectivity index (χ1v) is 10.6. The van der Waals surface area contributed by atoms with Crippen molar-refractivity contribution in [3.05, 3.63) is 29.8 Å². The fourth-order valence-electron chi connectivity index (χ4n) is 4.85. The Labute approximate surface area is 186 Å². The molecule has 2 fully saturated rings. The first-order chi connectivity index (χ1) is 13.3. The summed E-state index contributed by atoms with van der Waals surface area (Å²) < 4.78 is 11.7. The number of guanidine groups is 1. The minimum absolute atomic E-state index is 0. The molecule has 5 nitrogen and oxygen atoms in total. The Morgan fingerprint density at radius 1 is 1.25 bits per heavy atom. The lowest BCUT2D eigenvalue weighted by molar-refractivity contribution is -0.0370. The molecular formula is C22H34IN3O2. The summed E-state index contributed by atoms with van der Waals surface area (Å²) in [7, 11) is 0. The summed E-state index contributed by atoms with van der Waals surface area (Å²) in [6.45, 7) is 8.68. The number of benzene rings is 1. The molecule has 1 aromatic rings. The maximum atomic E-state index is 5.84. The molecule has 0 aromatic heterocycles. The highest BCUT2D eigenvalue weighted by molar-refractivity contribution is 14.0. The fraction of sp³-hybridized carbons (Fsp3) is 0.682. The van der Waals surface area contributed by atoms with E-state index >= 15 is 0 Å². The van der Waals surface area contributed by atoms with Crippen LogP contribution in [0.4, 0.5) is 0 Å². The highest BCUT2D eigenvalue weighted by Crippen LogP contribution is 2.38. The standard InChI is InChI=1S/C22H33N3O2.HI/c1-2-23-21(25-12-5-10-22(16-25)11-6-13-26-17-22)24-15-18-9-14-27-20-8-4-3-7-19(18)20;/h3-4,7-8,18H,2,5-6,9-17H2,1H3,(H,23,24);1H. The number of nitrogens with zero attached hydrogens (tertiary/aromatic N) is 2. The van der Waals surface area contributed by atoms with Gasteiger partial charge in [-0.25, -0.2) is 0 Å². The van der Waals surface area contributed by atoms with Gasteiger partial charge in [0, 0.05) is 44.1 Å². The molecule has 0 amide bonds. The molecule has 3 heterocycles. The van der Waals surface area contributed by atoms with Gasteiger partial charge in [0.2, 0.25) is 0 Å². The lowest BCUT2D eigenvalue weighted by atomic mass is 9.76. The first kappa shape index (κ1) is 21.7. The van der Waals surface area contributed by atoms with Gasteiger partial charge in [0.05, 0.1) is 13.2 Å². The van der Waals surface area contributed by atoms with E-state index in [4.69, 9.17) is 14.5 Å². The highest BCUT2D eigenvalue weighted by atomic mass is 127. The zero-order valence-electron chi connectivity index (χ0n) is 17.0. The zero-order valence-corrected chi connectivity index (χ0v) is 19.3. The fourth-order valence-corrected chi connectivity index (χ4v) is 4.85. The van der Waals surface area contributed by atoms with E-state index < -0.39 is 0 Å². The van der Waals surface area contributed by atoms with Gasteiger partial charge in [-0.15, -0.1) is 24.0 Å². The number of hydrogen-bond acceptors (Lipinski definition) is 3. The molecule has 2 saturated heterocycles. The Balaban J connectivity index is 0.00000225. The minimum Gasteiger partial charge on any atom is -0.493 e. The van der Waals surface area contributed by atoms with E-state index in [-0.39, 0.29) is 24.0 Å². The van der Waals surface area contributed by atoms with Gasteiger partial charge in [0.1, 0.15) is 5.75 Å². The van der Waals surface area contributed by atoms with Gasteiger partial charge >= 0.3 is 0 Å². The first-order valence-electron chi connectivity index (χ1n) is 10.6. The van der Waals surface area contributed by atoms with Crippen molar-refractivity contribution in [2.24, 2.45) is 10.4 Å². The average molecular weight is 499 g/mol. The summed E-state index contributed by atoms with van der Waals surface area (Å²) in [6, 6.07) is 8.42. The number of likely N-dealkylation sites (tertiary alicyclic amines) is 1. The number of halogens is 1. The van der Waals surface area contributed by atoms with Crippen molar-refractivity contribution in [2.45, 2.75) is 44.9 Å². The van der Waals surface area contributed by atoms with Crippen molar-refractivity contribution in [1.82, 2.24) is 10.2 Å². The van der Waals surface area contributed by atoms with Crippen molar-refractivity contribution in [3.8, 4) is 5.75 Å². The number of rotatable bonds is 3. The third-order valence-electron chi connectivity index (χ3n) is 6.24. The average Bonchev–Trinajstić information content (AvgIpc) is 2.72. The molecule has 2 unspecified atom stereocenters. The lowest BCUT2D eigenvalue weighted by Crippen LogP contribution is -2.53. The molecule has 1 spiro atoms. The monoisotopic (exact) mass is 499 g/mol. The quantitative estimate of drug-likeness (QED) is 0.388. The molecule has 3 aliphatic heterocycles. The number of ether oxygens (including phenoxy) is 2. The summed E-state index contributed by atoms with van der Waals surface area (Å²) in [5.74, 6) is 2.55. The molecule has 0 aliphatic carbocycles. The molecule has 1 aromatic carbocycles. The second-order valence-electron chi connectivity index (χ2n) is 8.25. The van der Waals surface area contributed by atoms with Crippen molar-refractivity contribution in [3.63, 3.8) is 0 Å². The Bertz CT molecular complexity index is 655. The Kier molecular flexibility index (Phi) is 7.85. The van der Waals surface area contributed by atoms with Gasteiger partial charge in [0.15, 0.2) is 5.96 Å². The van der Waals surface area contributed by atoms with E-state index in [2.05, 4.69) is 35.3 Å². The second kappa shape index (κ2) is 10.1. The van der Waals surface area contributed by atoms with Crippen LogP contribution in [0.15, 0.2) is 29.3 Å². The van der Waals surface area contributed by atoms with Crippen LogP contribution >= 0.6 is 24.0 Å². The molecule has 4 rings (SSSR count). The van der Waals surface area contributed by atoms with Crippen molar-refractivity contribution >= 4 is 29.9 Å². The summed E-state index contributed by atoms with van der Waals surface area (Å²) in [5, 5.41) is 3.54. The van der Waals surface area contributed by atoms with E-state index in [0.29, 0.717) is 11.3 Å². The Morgan fingerprint density at radius 2 is 2.11 bits per heavy atom. The molecule has 0 saturated carbocycles. The van der Waals surface area contributed by atoms with Crippen molar-refractivity contribution in [1.29, 1.82) is 0 Å². The molecule has 0 radical (unpaired) electrons. The predicted molar refractivity (Wildman–Crippen MR) is 124 cm³/mol. The second-order valence-corrected chi connectivity index (χ2v) is 8.25. The summed E-state index contributed by atoms with van der Waals surface area (Å²) in [4.78, 5) is 7.55. The summed E-state index contributed by atoms with van der Waals surface area (Å²) >= 11 is 0. The minimum atomic E-state index is 0. The molecule has 1 N–H and O–H groups in total. The van der Waals surface area contributed by atoms with Crippen LogP contribution in [-0.4, -0.2) is 56.9 Å². The van der Waals surface area contributed by atoms with Gasteiger partial charge in [0.25, 0.3) is 0 Å². The molecule has 28 heavy (non-hydrogen) atoms. The Hall–Kier alpha value is -1.02. The molecule has 156 valence electrons. The smallest absolute Gasteiger partial charge is 0.193 e. The Morgan fingerprint density at radius 3 is 2.93 bits per heavy atom. The lowest BCUT2D eigenvalue weighted by Gasteiger charge is -2.45. The van der Waals surface area contributed by atoms with Crippen LogP contribution in [0.2, 0.25) is 0 Å². The number of nitrogens with one attached hydrogen (secondary N) is 1. The number of para-hydroxylation sites is 1.